The quantitative estimate of drug-likeness (QED) is 0.777. The Bertz CT molecular complexity index is 557. The Kier molecular flexibility index (Phi) is 4.53. The van der Waals surface area contributed by atoms with Gasteiger partial charge >= 0.3 is 0 Å². The normalized spacial score (nSPS) is 13.8. The van der Waals surface area contributed by atoms with Crippen molar-refractivity contribution in [1.82, 2.24) is 9.97 Å². The Hall–Kier alpha value is -2.14. The highest BCUT2D eigenvalue weighted by Gasteiger charge is 2.09. The zero-order valence-corrected chi connectivity index (χ0v) is 11.7. The minimum absolute atomic E-state index is 0.105. The summed E-state index contributed by atoms with van der Waals surface area (Å²) >= 11 is 0. The van der Waals surface area contributed by atoms with Gasteiger partial charge in [-0.2, -0.15) is 0 Å². The van der Waals surface area contributed by atoms with Crippen LogP contribution in [0.15, 0.2) is 36.4 Å². The molecule has 0 fully saturated rings. The molecule has 20 heavy (non-hydrogen) atoms. The van der Waals surface area contributed by atoms with E-state index in [0.717, 1.165) is 5.56 Å². The van der Waals surface area contributed by atoms with Crippen LogP contribution in [0.5, 0.6) is 0 Å². The van der Waals surface area contributed by atoms with Crippen LogP contribution in [0.2, 0.25) is 0 Å². The zero-order valence-electron chi connectivity index (χ0n) is 11.7. The van der Waals surface area contributed by atoms with Gasteiger partial charge in [0.05, 0.1) is 6.10 Å². The molecule has 2 aromatic rings. The third-order valence-corrected chi connectivity index (χ3v) is 2.87. The summed E-state index contributed by atoms with van der Waals surface area (Å²) in [4.78, 5) is 8.72. The van der Waals surface area contributed by atoms with E-state index in [4.69, 9.17) is 5.73 Å². The number of nitrogen functional groups attached to an aromatic ring is 1. The van der Waals surface area contributed by atoms with Gasteiger partial charge in [0, 0.05) is 17.7 Å². The molecule has 0 radical (unpaired) electrons. The second-order valence-electron chi connectivity index (χ2n) is 5.00. The lowest BCUT2D eigenvalue weighted by atomic mass is 10.1. The summed E-state index contributed by atoms with van der Waals surface area (Å²) in [5, 5.41) is 12.6. The van der Waals surface area contributed by atoms with Crippen molar-refractivity contribution in [2.75, 3.05) is 11.1 Å². The highest BCUT2D eigenvalue weighted by molar-refractivity contribution is 5.60. The van der Waals surface area contributed by atoms with E-state index in [1.165, 1.54) is 0 Å². The molecule has 0 aliphatic rings. The minimum atomic E-state index is -0.356. The maximum absolute atomic E-state index is 9.39. The van der Waals surface area contributed by atoms with Gasteiger partial charge in [0.25, 0.3) is 0 Å². The number of rotatable bonds is 5. The first-order valence-corrected chi connectivity index (χ1v) is 6.69. The van der Waals surface area contributed by atoms with Crippen LogP contribution < -0.4 is 11.1 Å². The number of aromatic nitrogens is 2. The van der Waals surface area contributed by atoms with Crippen molar-refractivity contribution < 1.29 is 5.11 Å². The van der Waals surface area contributed by atoms with Crippen LogP contribution in [0.4, 0.5) is 11.6 Å². The highest BCUT2D eigenvalue weighted by Crippen LogP contribution is 2.19. The van der Waals surface area contributed by atoms with E-state index >= 15 is 0 Å². The van der Waals surface area contributed by atoms with E-state index in [9.17, 15) is 5.11 Å². The molecule has 0 saturated carbocycles. The molecule has 2 rings (SSSR count). The fourth-order valence-corrected chi connectivity index (χ4v) is 2.08. The summed E-state index contributed by atoms with van der Waals surface area (Å²) in [6.07, 6.45) is 0.287. The predicted octanol–water partition coefficient (Wildman–Crippen LogP) is 2.30. The van der Waals surface area contributed by atoms with Crippen LogP contribution in [-0.4, -0.2) is 27.2 Å². The second-order valence-corrected chi connectivity index (χ2v) is 5.00. The van der Waals surface area contributed by atoms with Crippen molar-refractivity contribution in [2.45, 2.75) is 32.4 Å². The van der Waals surface area contributed by atoms with E-state index in [0.29, 0.717) is 23.9 Å². The van der Waals surface area contributed by atoms with E-state index in [2.05, 4.69) is 15.3 Å². The van der Waals surface area contributed by atoms with Gasteiger partial charge in [-0.05, 0) is 20.3 Å². The van der Waals surface area contributed by atoms with Gasteiger partial charge < -0.3 is 16.2 Å². The fourth-order valence-electron chi connectivity index (χ4n) is 2.08. The van der Waals surface area contributed by atoms with Crippen molar-refractivity contribution >= 4 is 11.6 Å². The summed E-state index contributed by atoms with van der Waals surface area (Å²) in [6, 6.07) is 11.5. The third-order valence-electron chi connectivity index (χ3n) is 2.87. The van der Waals surface area contributed by atoms with Crippen LogP contribution in [0, 0.1) is 0 Å². The second kappa shape index (κ2) is 6.34. The number of aliphatic hydroxyl groups excluding tert-OH is 1. The molecule has 5 heteroatoms. The molecule has 0 amide bonds. The lowest BCUT2D eigenvalue weighted by molar-refractivity contribution is 0.179. The molecule has 4 N–H and O–H groups in total. The largest absolute Gasteiger partial charge is 0.393 e. The van der Waals surface area contributed by atoms with E-state index < -0.39 is 0 Å². The van der Waals surface area contributed by atoms with Gasteiger partial charge in [0.1, 0.15) is 11.6 Å². The number of nitrogens with two attached hydrogens (primary N) is 1. The molecule has 0 saturated heterocycles. The topological polar surface area (TPSA) is 84.1 Å². The molecule has 1 heterocycles. The Morgan fingerprint density at radius 3 is 2.55 bits per heavy atom. The van der Waals surface area contributed by atoms with E-state index in [-0.39, 0.29) is 12.1 Å². The smallest absolute Gasteiger partial charge is 0.163 e. The van der Waals surface area contributed by atoms with Crippen LogP contribution in [0.3, 0.4) is 0 Å². The van der Waals surface area contributed by atoms with Crippen molar-refractivity contribution in [3.05, 3.63) is 36.4 Å². The van der Waals surface area contributed by atoms with Crippen LogP contribution in [0.25, 0.3) is 11.4 Å². The Morgan fingerprint density at radius 1 is 1.20 bits per heavy atom. The van der Waals surface area contributed by atoms with Gasteiger partial charge in [-0.3, -0.25) is 0 Å². The average Bonchev–Trinajstić information content (AvgIpc) is 2.38. The molecule has 2 unspecified atom stereocenters. The molecule has 106 valence electrons. The SMILES string of the molecule is CC(O)CC(C)Nc1cc(N)nc(-c2ccccc2)n1. The monoisotopic (exact) mass is 272 g/mol. The lowest BCUT2D eigenvalue weighted by Gasteiger charge is -2.16. The zero-order chi connectivity index (χ0) is 14.5. The molecule has 2 atom stereocenters. The van der Waals surface area contributed by atoms with Gasteiger partial charge in [-0.25, -0.2) is 9.97 Å². The number of hydrogen-bond donors (Lipinski definition) is 3. The molecule has 0 bridgehead atoms. The summed E-state index contributed by atoms with van der Waals surface area (Å²) in [5.41, 5.74) is 6.76. The first-order valence-electron chi connectivity index (χ1n) is 6.69. The molecular formula is C15H20N4O. The number of anilines is 2. The van der Waals surface area contributed by atoms with Gasteiger partial charge in [0.15, 0.2) is 5.82 Å². The molecule has 1 aromatic carbocycles. The summed E-state index contributed by atoms with van der Waals surface area (Å²) < 4.78 is 0. The Balaban J connectivity index is 2.21. The molecule has 1 aromatic heterocycles. The fraction of sp³-hybridized carbons (Fsp3) is 0.333. The van der Waals surface area contributed by atoms with Crippen molar-refractivity contribution in [2.24, 2.45) is 0 Å². The molecular weight excluding hydrogens is 252 g/mol. The molecule has 5 nitrogen and oxygen atoms in total. The standard InChI is InChI=1S/C15H20N4O/c1-10(8-11(2)20)17-14-9-13(16)18-15(19-14)12-6-4-3-5-7-12/h3-7,9-11,20H,8H2,1-2H3,(H3,16,17,18,19). The summed E-state index contributed by atoms with van der Waals surface area (Å²) in [6.45, 7) is 3.76. The van der Waals surface area contributed by atoms with E-state index in [1.807, 2.05) is 37.3 Å². The Labute approximate surface area is 118 Å². The van der Waals surface area contributed by atoms with Gasteiger partial charge in [0.2, 0.25) is 0 Å². The van der Waals surface area contributed by atoms with Crippen LogP contribution in [0.1, 0.15) is 20.3 Å². The van der Waals surface area contributed by atoms with Gasteiger partial charge in [-0.15, -0.1) is 0 Å². The average molecular weight is 272 g/mol. The van der Waals surface area contributed by atoms with Crippen molar-refractivity contribution in [3.63, 3.8) is 0 Å². The third kappa shape index (κ3) is 3.93. The maximum atomic E-state index is 9.39. The Morgan fingerprint density at radius 2 is 1.90 bits per heavy atom. The van der Waals surface area contributed by atoms with Crippen LogP contribution >= 0.6 is 0 Å². The van der Waals surface area contributed by atoms with Crippen molar-refractivity contribution in [1.29, 1.82) is 0 Å². The minimum Gasteiger partial charge on any atom is -0.393 e. The summed E-state index contributed by atoms with van der Waals surface area (Å²) in [5.74, 6) is 1.69. The molecule has 0 aliphatic heterocycles. The molecule has 0 spiro atoms. The number of nitrogens with one attached hydrogen (secondary N) is 1. The number of benzene rings is 1. The number of nitrogens with zero attached hydrogens (tertiary/aromatic N) is 2. The number of aliphatic hydroxyl groups is 1. The first-order chi connectivity index (χ1) is 9.54. The van der Waals surface area contributed by atoms with E-state index in [1.54, 1.807) is 13.0 Å². The number of hydrogen-bond acceptors (Lipinski definition) is 5. The maximum Gasteiger partial charge on any atom is 0.163 e. The van der Waals surface area contributed by atoms with Gasteiger partial charge in [-0.1, -0.05) is 30.3 Å². The van der Waals surface area contributed by atoms with Crippen LogP contribution in [-0.2, 0) is 0 Å². The first kappa shape index (κ1) is 14.3. The highest BCUT2D eigenvalue weighted by atomic mass is 16.3. The van der Waals surface area contributed by atoms with Crippen molar-refractivity contribution in [3.8, 4) is 11.4 Å². The lowest BCUT2D eigenvalue weighted by Crippen LogP contribution is -2.21. The molecule has 0 aliphatic carbocycles. The predicted molar refractivity (Wildman–Crippen MR) is 81.3 cm³/mol. The summed E-state index contributed by atoms with van der Waals surface area (Å²) in [7, 11) is 0.